The molecule has 0 bridgehead atoms. The van der Waals surface area contributed by atoms with Crippen molar-refractivity contribution >= 4 is 27.9 Å². The largest absolute Gasteiger partial charge is 0.408 e. The molecule has 1 aromatic carbocycles. The molecule has 0 radical (unpaired) electrons. The molecule has 0 saturated heterocycles. The van der Waals surface area contributed by atoms with Crippen LogP contribution in [0, 0.1) is 0 Å². The molecule has 0 spiro atoms. The molecule has 0 amide bonds. The van der Waals surface area contributed by atoms with Crippen molar-refractivity contribution in [2.24, 2.45) is 0 Å². The number of hydrogen-bond acceptors (Lipinski definition) is 4. The van der Waals surface area contributed by atoms with E-state index in [1.165, 1.54) is 6.20 Å². The van der Waals surface area contributed by atoms with E-state index in [0.717, 1.165) is 34.3 Å². The Morgan fingerprint density at radius 3 is 2.81 bits per heavy atom. The van der Waals surface area contributed by atoms with Crippen molar-refractivity contribution in [1.29, 1.82) is 0 Å². The van der Waals surface area contributed by atoms with E-state index < -0.39 is 12.2 Å². The van der Waals surface area contributed by atoms with E-state index >= 15 is 0 Å². The summed E-state index contributed by atoms with van der Waals surface area (Å²) in [5, 5.41) is 4.00. The molecule has 0 unspecified atom stereocenters. The van der Waals surface area contributed by atoms with E-state index in [2.05, 4.69) is 25.3 Å². The molecule has 132 valence electrons. The van der Waals surface area contributed by atoms with Crippen LogP contribution < -0.4 is 5.32 Å². The summed E-state index contributed by atoms with van der Waals surface area (Å²) in [5.41, 5.74) is 3.18. The van der Waals surface area contributed by atoms with Crippen LogP contribution in [0.3, 0.4) is 0 Å². The van der Waals surface area contributed by atoms with Gasteiger partial charge in [0.25, 0.3) is 0 Å². The first-order valence-electron chi connectivity index (χ1n) is 7.94. The summed E-state index contributed by atoms with van der Waals surface area (Å²) in [4.78, 5) is 15.5. The number of nitrogens with zero attached hydrogens (tertiary/aromatic N) is 3. The predicted molar refractivity (Wildman–Crippen MR) is 93.8 cm³/mol. The normalized spacial score (nSPS) is 13.2. The number of hydrogen-bond donors (Lipinski definition) is 2. The van der Waals surface area contributed by atoms with Gasteiger partial charge in [-0.25, -0.2) is 4.98 Å². The third-order valence-electron chi connectivity index (χ3n) is 4.18. The van der Waals surface area contributed by atoms with Gasteiger partial charge >= 0.3 is 6.18 Å². The van der Waals surface area contributed by atoms with Crippen molar-refractivity contribution < 1.29 is 13.2 Å². The Hall–Kier alpha value is -3.16. The molecule has 8 heteroatoms. The second-order valence-corrected chi connectivity index (χ2v) is 5.98. The molecule has 3 heterocycles. The van der Waals surface area contributed by atoms with Crippen LogP contribution >= 0.6 is 0 Å². The molecule has 5 nitrogen and oxygen atoms in total. The molecule has 1 atom stereocenters. The van der Waals surface area contributed by atoms with Gasteiger partial charge in [0.1, 0.15) is 11.7 Å². The Bertz CT molecular complexity index is 1090. The number of nitrogens with one attached hydrogen (secondary N) is 2. The summed E-state index contributed by atoms with van der Waals surface area (Å²) < 4.78 is 38.0. The molecule has 0 fully saturated rings. The summed E-state index contributed by atoms with van der Waals surface area (Å²) >= 11 is 0. The first-order chi connectivity index (χ1) is 12.4. The third-order valence-corrected chi connectivity index (χ3v) is 4.18. The first-order valence-corrected chi connectivity index (χ1v) is 7.94. The maximum atomic E-state index is 12.7. The van der Waals surface area contributed by atoms with Crippen LogP contribution in [-0.2, 0) is 0 Å². The van der Waals surface area contributed by atoms with Gasteiger partial charge in [0.2, 0.25) is 5.95 Å². The highest BCUT2D eigenvalue weighted by molar-refractivity contribution is 5.96. The van der Waals surface area contributed by atoms with Crippen LogP contribution in [0.25, 0.3) is 33.1 Å². The molecule has 0 aliphatic rings. The number of fused-ring (bicyclic) bond motifs is 2. The molecule has 0 saturated carbocycles. The topological polar surface area (TPSA) is 66.5 Å². The van der Waals surface area contributed by atoms with Crippen molar-refractivity contribution in [2.75, 3.05) is 5.32 Å². The lowest BCUT2D eigenvalue weighted by atomic mass is 10.0. The Morgan fingerprint density at radius 2 is 2.00 bits per heavy atom. The lowest BCUT2D eigenvalue weighted by molar-refractivity contribution is -0.138. The van der Waals surface area contributed by atoms with Crippen LogP contribution in [0.4, 0.5) is 19.1 Å². The highest BCUT2D eigenvalue weighted by Gasteiger charge is 2.36. The Kier molecular flexibility index (Phi) is 3.75. The van der Waals surface area contributed by atoms with Crippen LogP contribution in [0.15, 0.2) is 48.9 Å². The molecule has 4 rings (SSSR count). The van der Waals surface area contributed by atoms with E-state index in [-0.39, 0.29) is 5.95 Å². The summed E-state index contributed by atoms with van der Waals surface area (Å²) in [7, 11) is 0. The monoisotopic (exact) mass is 357 g/mol. The molecule has 0 aliphatic heterocycles. The molecule has 26 heavy (non-hydrogen) atoms. The molecular formula is C18H14F3N5. The van der Waals surface area contributed by atoms with Gasteiger partial charge in [0.15, 0.2) is 0 Å². The van der Waals surface area contributed by atoms with Gasteiger partial charge in [0, 0.05) is 34.9 Å². The van der Waals surface area contributed by atoms with Crippen molar-refractivity contribution in [1.82, 2.24) is 19.9 Å². The first kappa shape index (κ1) is 16.3. The molecule has 4 aromatic rings. The van der Waals surface area contributed by atoms with E-state index in [9.17, 15) is 13.2 Å². The standard InChI is InChI=1S/C18H14F3N5/c1-10(18(19,20)21)25-17-24-9-14-13(8-23-16(14)26-17)11-4-5-15-12(7-11)3-2-6-22-15/h2-10H,1H3,(H2,23,24,25,26)/t10-/m1/s1. The number of halogens is 3. The number of aromatic amines is 1. The lowest BCUT2D eigenvalue weighted by Gasteiger charge is -2.16. The fraction of sp³-hybridized carbons (Fsp3) is 0.167. The van der Waals surface area contributed by atoms with E-state index in [1.807, 2.05) is 30.3 Å². The number of pyridine rings is 1. The molecule has 0 aliphatic carbocycles. The number of benzene rings is 1. The number of aromatic nitrogens is 4. The fourth-order valence-corrected chi connectivity index (χ4v) is 2.73. The molecular weight excluding hydrogens is 343 g/mol. The van der Waals surface area contributed by atoms with Crippen LogP contribution in [-0.4, -0.2) is 32.2 Å². The van der Waals surface area contributed by atoms with E-state index in [4.69, 9.17) is 0 Å². The Labute approximate surface area is 146 Å². The zero-order valence-corrected chi connectivity index (χ0v) is 13.7. The maximum Gasteiger partial charge on any atom is 0.408 e. The average Bonchev–Trinajstić information content (AvgIpc) is 3.03. The summed E-state index contributed by atoms with van der Waals surface area (Å²) in [6, 6.07) is 7.97. The minimum Gasteiger partial charge on any atom is -0.345 e. The van der Waals surface area contributed by atoms with E-state index in [0.29, 0.717) is 5.65 Å². The SMILES string of the molecule is C[C@@H](Nc1ncc2c(-c3ccc4ncccc4c3)c[nH]c2n1)C(F)(F)F. The van der Waals surface area contributed by atoms with Crippen LogP contribution in [0.1, 0.15) is 6.92 Å². The highest BCUT2D eigenvalue weighted by atomic mass is 19.4. The zero-order chi connectivity index (χ0) is 18.3. The van der Waals surface area contributed by atoms with Gasteiger partial charge < -0.3 is 10.3 Å². The van der Waals surface area contributed by atoms with Gasteiger partial charge in [-0.1, -0.05) is 12.1 Å². The number of H-pyrrole nitrogens is 1. The summed E-state index contributed by atoms with van der Waals surface area (Å²) in [5.74, 6) is -0.0709. The Balaban J connectivity index is 1.71. The quantitative estimate of drug-likeness (QED) is 0.565. The van der Waals surface area contributed by atoms with E-state index in [1.54, 1.807) is 12.4 Å². The minimum atomic E-state index is -4.36. The minimum absolute atomic E-state index is 0.0709. The fourth-order valence-electron chi connectivity index (χ4n) is 2.73. The van der Waals surface area contributed by atoms with Crippen LogP contribution in [0.5, 0.6) is 0 Å². The molecule has 2 N–H and O–H groups in total. The maximum absolute atomic E-state index is 12.7. The van der Waals surface area contributed by atoms with Gasteiger partial charge in [-0.3, -0.25) is 4.98 Å². The number of alkyl halides is 3. The van der Waals surface area contributed by atoms with Gasteiger partial charge in [-0.2, -0.15) is 18.2 Å². The van der Waals surface area contributed by atoms with Crippen molar-refractivity contribution in [3.05, 3.63) is 48.9 Å². The molecule has 3 aromatic heterocycles. The Morgan fingerprint density at radius 1 is 1.15 bits per heavy atom. The summed E-state index contributed by atoms with van der Waals surface area (Å²) in [6.07, 6.45) is 0.664. The average molecular weight is 357 g/mol. The second kappa shape index (κ2) is 5.98. The van der Waals surface area contributed by atoms with Crippen molar-refractivity contribution in [3.8, 4) is 11.1 Å². The van der Waals surface area contributed by atoms with Gasteiger partial charge in [0.05, 0.1) is 5.52 Å². The van der Waals surface area contributed by atoms with Gasteiger partial charge in [-0.15, -0.1) is 0 Å². The predicted octanol–water partition coefficient (Wildman–Crippen LogP) is 4.54. The van der Waals surface area contributed by atoms with Crippen LogP contribution in [0.2, 0.25) is 0 Å². The number of rotatable bonds is 3. The number of anilines is 1. The van der Waals surface area contributed by atoms with Crippen molar-refractivity contribution in [3.63, 3.8) is 0 Å². The second-order valence-electron chi connectivity index (χ2n) is 5.98. The van der Waals surface area contributed by atoms with Crippen molar-refractivity contribution in [2.45, 2.75) is 19.1 Å². The highest BCUT2D eigenvalue weighted by Crippen LogP contribution is 2.30. The third kappa shape index (κ3) is 2.94. The summed E-state index contributed by atoms with van der Waals surface area (Å²) in [6.45, 7) is 1.02. The smallest absolute Gasteiger partial charge is 0.345 e. The van der Waals surface area contributed by atoms with Gasteiger partial charge in [-0.05, 0) is 30.7 Å². The zero-order valence-electron chi connectivity index (χ0n) is 13.7. The lowest BCUT2D eigenvalue weighted by Crippen LogP contribution is -2.33.